The number of aryl methyl sites for hydroxylation is 1. The first kappa shape index (κ1) is 10.8. The van der Waals surface area contributed by atoms with Gasteiger partial charge in [-0.3, -0.25) is 0 Å². The van der Waals surface area contributed by atoms with Crippen molar-refractivity contribution in [3.8, 4) is 5.75 Å². The normalized spacial score (nSPS) is 10.2. The minimum absolute atomic E-state index is 0.342. The molecule has 0 amide bonds. The van der Waals surface area contributed by atoms with Crippen LogP contribution in [0.15, 0.2) is 6.07 Å². The summed E-state index contributed by atoms with van der Waals surface area (Å²) in [6.07, 6.45) is 2.25. The molecule has 1 rings (SSSR count). The number of phenolic OH excluding ortho intramolecular Hbond substituents is 1. The highest BCUT2D eigenvalue weighted by atomic mass is 16.3. The van der Waals surface area contributed by atoms with Crippen LogP contribution in [0.5, 0.6) is 5.75 Å². The first-order valence-corrected chi connectivity index (χ1v) is 4.80. The topological polar surface area (TPSA) is 37.3 Å². The van der Waals surface area contributed by atoms with Crippen LogP contribution >= 0.6 is 0 Å². The highest BCUT2D eigenvalue weighted by Crippen LogP contribution is 2.27. The quantitative estimate of drug-likeness (QED) is 0.747. The molecule has 0 saturated carbocycles. The molecule has 0 aliphatic carbocycles. The lowest BCUT2D eigenvalue weighted by Gasteiger charge is -2.12. The minimum atomic E-state index is 0.342. The molecule has 0 unspecified atom stereocenters. The van der Waals surface area contributed by atoms with Crippen LogP contribution in [0.2, 0.25) is 0 Å². The monoisotopic (exact) mass is 192 g/mol. The van der Waals surface area contributed by atoms with Gasteiger partial charge in [-0.15, -0.1) is 0 Å². The molecule has 14 heavy (non-hydrogen) atoms. The number of aromatic hydroxyl groups is 1. The number of hydrogen-bond acceptors (Lipinski definition) is 2. The molecule has 0 aliphatic heterocycles. The fourth-order valence-corrected chi connectivity index (χ4v) is 1.70. The summed E-state index contributed by atoms with van der Waals surface area (Å²) in [7, 11) is 0. The van der Waals surface area contributed by atoms with E-state index in [1.54, 1.807) is 6.07 Å². The van der Waals surface area contributed by atoms with Crippen LogP contribution in [0, 0.1) is 20.8 Å². The first-order chi connectivity index (χ1) is 6.57. The first-order valence-electron chi connectivity index (χ1n) is 4.80. The summed E-state index contributed by atoms with van der Waals surface area (Å²) in [5.41, 5.74) is 4.26. The van der Waals surface area contributed by atoms with Crippen LogP contribution in [-0.4, -0.2) is 11.4 Å². The Morgan fingerprint density at radius 1 is 1.29 bits per heavy atom. The molecule has 0 fully saturated rings. The molecule has 0 atom stereocenters. The van der Waals surface area contributed by atoms with Crippen molar-refractivity contribution in [2.75, 3.05) is 0 Å². The van der Waals surface area contributed by atoms with E-state index in [0.29, 0.717) is 12.2 Å². The van der Waals surface area contributed by atoms with Crippen molar-refractivity contribution >= 4 is 6.29 Å². The Hall–Kier alpha value is -1.31. The van der Waals surface area contributed by atoms with Crippen molar-refractivity contribution in [1.82, 2.24) is 0 Å². The van der Waals surface area contributed by atoms with Crippen molar-refractivity contribution in [2.45, 2.75) is 33.6 Å². The van der Waals surface area contributed by atoms with E-state index in [1.807, 2.05) is 20.8 Å². The molecule has 0 bridgehead atoms. The van der Waals surface area contributed by atoms with Gasteiger partial charge in [0.2, 0.25) is 0 Å². The lowest BCUT2D eigenvalue weighted by atomic mass is 9.94. The lowest BCUT2D eigenvalue weighted by molar-refractivity contribution is -0.107. The maximum Gasteiger partial charge on any atom is 0.120 e. The summed E-state index contributed by atoms with van der Waals surface area (Å²) in [4.78, 5) is 10.3. The van der Waals surface area contributed by atoms with Gasteiger partial charge in [0.1, 0.15) is 12.0 Å². The SMILES string of the molecule is Cc1cc(O)c(C)c(C)c1CCC=O. The molecule has 76 valence electrons. The third kappa shape index (κ3) is 1.95. The maximum atomic E-state index is 10.3. The molecule has 1 aromatic rings. The van der Waals surface area contributed by atoms with Gasteiger partial charge < -0.3 is 9.90 Å². The zero-order chi connectivity index (χ0) is 10.7. The van der Waals surface area contributed by atoms with E-state index < -0.39 is 0 Å². The van der Waals surface area contributed by atoms with Crippen molar-refractivity contribution in [2.24, 2.45) is 0 Å². The largest absolute Gasteiger partial charge is 0.508 e. The van der Waals surface area contributed by atoms with Gasteiger partial charge in [-0.05, 0) is 55.5 Å². The molecular formula is C12H16O2. The summed E-state index contributed by atoms with van der Waals surface area (Å²) in [6.45, 7) is 5.85. The molecule has 1 N–H and O–H groups in total. The molecule has 2 nitrogen and oxygen atoms in total. The molecule has 0 aromatic heterocycles. The summed E-state index contributed by atoms with van der Waals surface area (Å²) in [5, 5.41) is 9.56. The smallest absolute Gasteiger partial charge is 0.120 e. The molecule has 0 saturated heterocycles. The Balaban J connectivity index is 3.15. The summed E-state index contributed by atoms with van der Waals surface area (Å²) in [5.74, 6) is 0.342. The number of aldehydes is 1. The van der Waals surface area contributed by atoms with Gasteiger partial charge in [0.15, 0.2) is 0 Å². The Labute approximate surface area is 84.6 Å². The van der Waals surface area contributed by atoms with Gasteiger partial charge in [-0.1, -0.05) is 0 Å². The summed E-state index contributed by atoms with van der Waals surface area (Å²) < 4.78 is 0. The van der Waals surface area contributed by atoms with Crippen LogP contribution in [0.1, 0.15) is 28.7 Å². The van der Waals surface area contributed by atoms with E-state index in [0.717, 1.165) is 29.4 Å². The summed E-state index contributed by atoms with van der Waals surface area (Å²) in [6, 6.07) is 1.77. The second-order valence-corrected chi connectivity index (χ2v) is 3.65. The molecular weight excluding hydrogens is 176 g/mol. The maximum absolute atomic E-state index is 10.3. The van der Waals surface area contributed by atoms with E-state index in [1.165, 1.54) is 5.56 Å². The zero-order valence-corrected chi connectivity index (χ0v) is 8.92. The molecule has 1 aromatic carbocycles. The van der Waals surface area contributed by atoms with Gasteiger partial charge in [-0.25, -0.2) is 0 Å². The molecule has 2 heteroatoms. The highest BCUT2D eigenvalue weighted by molar-refractivity contribution is 5.53. The predicted octanol–water partition coefficient (Wildman–Crippen LogP) is 2.45. The third-order valence-corrected chi connectivity index (χ3v) is 2.74. The molecule has 0 aliphatic rings. The predicted molar refractivity (Wildman–Crippen MR) is 56.7 cm³/mol. The molecule has 0 radical (unpaired) electrons. The van der Waals surface area contributed by atoms with Crippen LogP contribution in [-0.2, 0) is 11.2 Å². The van der Waals surface area contributed by atoms with Crippen LogP contribution in [0.3, 0.4) is 0 Å². The van der Waals surface area contributed by atoms with Crippen molar-refractivity contribution in [3.05, 3.63) is 28.3 Å². The van der Waals surface area contributed by atoms with Crippen molar-refractivity contribution in [1.29, 1.82) is 0 Å². The molecule has 0 spiro atoms. The Bertz CT molecular complexity index is 354. The van der Waals surface area contributed by atoms with E-state index in [9.17, 15) is 9.90 Å². The van der Waals surface area contributed by atoms with E-state index in [4.69, 9.17) is 0 Å². The van der Waals surface area contributed by atoms with Gasteiger partial charge in [0.05, 0.1) is 0 Å². The number of phenols is 1. The number of rotatable bonds is 3. The fourth-order valence-electron chi connectivity index (χ4n) is 1.70. The van der Waals surface area contributed by atoms with Crippen LogP contribution in [0.25, 0.3) is 0 Å². The number of hydrogen-bond donors (Lipinski definition) is 1. The average Bonchev–Trinajstić information content (AvgIpc) is 2.14. The fraction of sp³-hybridized carbons (Fsp3) is 0.417. The Morgan fingerprint density at radius 3 is 2.50 bits per heavy atom. The number of carbonyl (C=O) groups is 1. The number of carbonyl (C=O) groups excluding carboxylic acids is 1. The Kier molecular flexibility index (Phi) is 3.28. The van der Waals surface area contributed by atoms with Gasteiger partial charge in [0, 0.05) is 6.42 Å². The highest BCUT2D eigenvalue weighted by Gasteiger charge is 2.08. The van der Waals surface area contributed by atoms with Gasteiger partial charge in [-0.2, -0.15) is 0 Å². The average molecular weight is 192 g/mol. The minimum Gasteiger partial charge on any atom is -0.508 e. The van der Waals surface area contributed by atoms with Crippen LogP contribution < -0.4 is 0 Å². The van der Waals surface area contributed by atoms with Crippen molar-refractivity contribution in [3.63, 3.8) is 0 Å². The van der Waals surface area contributed by atoms with Crippen molar-refractivity contribution < 1.29 is 9.90 Å². The van der Waals surface area contributed by atoms with E-state index in [-0.39, 0.29) is 0 Å². The summed E-state index contributed by atoms with van der Waals surface area (Å²) >= 11 is 0. The standard InChI is InChI=1S/C12H16O2/c1-8-7-12(14)10(3)9(2)11(8)5-4-6-13/h6-7,14H,4-5H2,1-3H3. The van der Waals surface area contributed by atoms with Gasteiger partial charge >= 0.3 is 0 Å². The second-order valence-electron chi connectivity index (χ2n) is 3.65. The zero-order valence-electron chi connectivity index (χ0n) is 8.92. The second kappa shape index (κ2) is 4.27. The third-order valence-electron chi connectivity index (χ3n) is 2.74. The lowest BCUT2D eigenvalue weighted by Crippen LogP contribution is -1.97. The van der Waals surface area contributed by atoms with Crippen LogP contribution in [0.4, 0.5) is 0 Å². The number of benzene rings is 1. The molecule has 0 heterocycles. The Morgan fingerprint density at radius 2 is 1.93 bits per heavy atom. The van der Waals surface area contributed by atoms with Gasteiger partial charge in [0.25, 0.3) is 0 Å². The van der Waals surface area contributed by atoms with E-state index in [2.05, 4.69) is 0 Å². The van der Waals surface area contributed by atoms with E-state index >= 15 is 0 Å².